The van der Waals surface area contributed by atoms with Crippen molar-refractivity contribution in [2.24, 2.45) is 5.92 Å². The molecule has 3 N–H and O–H groups in total. The van der Waals surface area contributed by atoms with Gasteiger partial charge in [-0.25, -0.2) is 0 Å². The van der Waals surface area contributed by atoms with Gasteiger partial charge in [0.2, 0.25) is 0 Å². The van der Waals surface area contributed by atoms with Crippen LogP contribution in [-0.2, 0) is 11.2 Å². The molecule has 3 rings (SSSR count). The first-order valence-corrected chi connectivity index (χ1v) is 11.7. The van der Waals surface area contributed by atoms with E-state index in [2.05, 4.69) is 5.32 Å². The maximum Gasteiger partial charge on any atom is 0.309 e. The van der Waals surface area contributed by atoms with E-state index in [1.807, 2.05) is 36.4 Å². The van der Waals surface area contributed by atoms with Crippen molar-refractivity contribution >= 4 is 23.9 Å². The first-order chi connectivity index (χ1) is 17.3. The summed E-state index contributed by atoms with van der Waals surface area (Å²) in [6.45, 7) is 1.58. The van der Waals surface area contributed by atoms with Crippen molar-refractivity contribution in [3.63, 3.8) is 0 Å². The lowest BCUT2D eigenvalue weighted by Gasteiger charge is -2.19. The molecule has 0 bridgehead atoms. The van der Waals surface area contributed by atoms with Crippen molar-refractivity contribution in [2.75, 3.05) is 6.54 Å². The lowest BCUT2D eigenvalue weighted by molar-refractivity contribution is -0.146. The van der Waals surface area contributed by atoms with E-state index in [1.165, 1.54) is 19.1 Å². The molecule has 0 aliphatic rings. The SMILES string of the molecule is CC(=O)c1ccc(-c2ccc(CCC(O)C(CCNC(=O)c3ccccc3C=O)C(=O)O)cc2)cc1. The molecule has 1 amide bonds. The molecule has 0 heterocycles. The number of carboxylic acids is 1. The number of carbonyl (C=O) groups is 4. The largest absolute Gasteiger partial charge is 0.481 e. The van der Waals surface area contributed by atoms with Crippen LogP contribution >= 0.6 is 0 Å². The van der Waals surface area contributed by atoms with E-state index < -0.39 is 23.9 Å². The molecule has 3 aromatic carbocycles. The molecular formula is C29H29NO6. The number of hydrogen-bond donors (Lipinski definition) is 3. The minimum absolute atomic E-state index is 0.0146. The summed E-state index contributed by atoms with van der Waals surface area (Å²) in [5, 5.41) is 22.8. The lowest BCUT2D eigenvalue weighted by Crippen LogP contribution is -2.34. The van der Waals surface area contributed by atoms with E-state index in [-0.39, 0.29) is 36.3 Å². The average molecular weight is 488 g/mol. The Morgan fingerprint density at radius 3 is 2.08 bits per heavy atom. The minimum Gasteiger partial charge on any atom is -0.481 e. The molecule has 7 heteroatoms. The Kier molecular flexibility index (Phi) is 9.25. The van der Waals surface area contributed by atoms with Crippen molar-refractivity contribution in [3.8, 4) is 11.1 Å². The van der Waals surface area contributed by atoms with Crippen molar-refractivity contribution in [3.05, 3.63) is 95.1 Å². The Hall–Kier alpha value is -4.10. The fourth-order valence-electron chi connectivity index (χ4n) is 4.00. The van der Waals surface area contributed by atoms with Crippen LogP contribution in [0.2, 0.25) is 0 Å². The van der Waals surface area contributed by atoms with Gasteiger partial charge in [0, 0.05) is 23.2 Å². The van der Waals surface area contributed by atoms with Gasteiger partial charge >= 0.3 is 5.97 Å². The Bertz CT molecular complexity index is 1220. The van der Waals surface area contributed by atoms with Crippen LogP contribution in [0.5, 0.6) is 0 Å². The molecule has 7 nitrogen and oxygen atoms in total. The Morgan fingerprint density at radius 2 is 1.50 bits per heavy atom. The topological polar surface area (TPSA) is 121 Å². The van der Waals surface area contributed by atoms with Gasteiger partial charge in [-0.15, -0.1) is 0 Å². The van der Waals surface area contributed by atoms with E-state index in [0.29, 0.717) is 18.3 Å². The smallest absolute Gasteiger partial charge is 0.309 e. The van der Waals surface area contributed by atoms with Crippen LogP contribution in [-0.4, -0.2) is 46.8 Å². The van der Waals surface area contributed by atoms with Gasteiger partial charge in [-0.1, -0.05) is 66.7 Å². The van der Waals surface area contributed by atoms with Gasteiger partial charge < -0.3 is 15.5 Å². The molecule has 36 heavy (non-hydrogen) atoms. The highest BCUT2D eigenvalue weighted by Crippen LogP contribution is 2.22. The number of aldehydes is 1. The monoisotopic (exact) mass is 487 g/mol. The number of benzene rings is 3. The second-order valence-corrected chi connectivity index (χ2v) is 8.63. The third-order valence-electron chi connectivity index (χ3n) is 6.16. The molecule has 0 radical (unpaired) electrons. The molecule has 0 fully saturated rings. The van der Waals surface area contributed by atoms with Gasteiger partial charge in [-0.05, 0) is 48.9 Å². The van der Waals surface area contributed by atoms with Gasteiger partial charge in [0.1, 0.15) is 0 Å². The van der Waals surface area contributed by atoms with Gasteiger partial charge in [0.15, 0.2) is 12.1 Å². The molecule has 2 atom stereocenters. The van der Waals surface area contributed by atoms with Crippen LogP contribution < -0.4 is 5.32 Å². The van der Waals surface area contributed by atoms with Crippen LogP contribution in [0.1, 0.15) is 56.4 Å². The number of carbonyl (C=O) groups excluding carboxylic acids is 3. The summed E-state index contributed by atoms with van der Waals surface area (Å²) < 4.78 is 0. The van der Waals surface area contributed by atoms with Crippen molar-refractivity contribution < 1.29 is 29.4 Å². The zero-order valence-electron chi connectivity index (χ0n) is 20.0. The van der Waals surface area contributed by atoms with Crippen LogP contribution in [0.3, 0.4) is 0 Å². The van der Waals surface area contributed by atoms with Crippen LogP contribution in [0.25, 0.3) is 11.1 Å². The summed E-state index contributed by atoms with van der Waals surface area (Å²) in [4.78, 5) is 46.6. The zero-order valence-corrected chi connectivity index (χ0v) is 20.0. The minimum atomic E-state index is -1.13. The standard InChI is InChI=1S/C29H29NO6/c1-19(32)21-11-13-23(14-12-21)22-9-6-20(7-10-22)8-15-27(33)26(29(35)36)16-17-30-28(34)25-5-3-2-4-24(25)18-31/h2-7,9-14,18,26-27,33H,8,15-17H2,1H3,(H,30,34)(H,35,36). The molecule has 0 aliphatic carbocycles. The number of aliphatic carboxylic acids is 1. The predicted octanol–water partition coefficient (Wildman–Crippen LogP) is 4.18. The summed E-state index contributed by atoms with van der Waals surface area (Å²) in [7, 11) is 0. The van der Waals surface area contributed by atoms with Gasteiger partial charge in [0.05, 0.1) is 12.0 Å². The number of nitrogens with one attached hydrogen (secondary N) is 1. The number of aliphatic hydroxyl groups is 1. The molecule has 3 aromatic rings. The Morgan fingerprint density at radius 1 is 0.889 bits per heavy atom. The highest BCUT2D eigenvalue weighted by Gasteiger charge is 2.26. The molecule has 0 aliphatic heterocycles. The average Bonchev–Trinajstić information content (AvgIpc) is 2.89. The van der Waals surface area contributed by atoms with Gasteiger partial charge in [-0.2, -0.15) is 0 Å². The second kappa shape index (κ2) is 12.6. The molecule has 2 unspecified atom stereocenters. The fraction of sp³-hybridized carbons (Fsp3) is 0.241. The molecule has 0 aromatic heterocycles. The molecule has 186 valence electrons. The predicted molar refractivity (Wildman–Crippen MR) is 136 cm³/mol. The van der Waals surface area contributed by atoms with Crippen LogP contribution in [0.15, 0.2) is 72.8 Å². The fourth-order valence-corrected chi connectivity index (χ4v) is 4.00. The van der Waals surface area contributed by atoms with Crippen molar-refractivity contribution in [1.29, 1.82) is 0 Å². The summed E-state index contributed by atoms with van der Waals surface area (Å²) in [6.07, 6.45) is 0.315. The third-order valence-corrected chi connectivity index (χ3v) is 6.16. The second-order valence-electron chi connectivity index (χ2n) is 8.63. The summed E-state index contributed by atoms with van der Waals surface area (Å²) in [5.41, 5.74) is 4.06. The quantitative estimate of drug-likeness (QED) is 0.260. The van der Waals surface area contributed by atoms with E-state index in [1.54, 1.807) is 24.3 Å². The molecular weight excluding hydrogens is 458 g/mol. The van der Waals surface area contributed by atoms with Crippen LogP contribution in [0, 0.1) is 5.92 Å². The normalized spacial score (nSPS) is 12.4. The summed E-state index contributed by atoms with van der Waals surface area (Å²) in [6, 6.07) is 21.5. The van der Waals surface area contributed by atoms with E-state index in [9.17, 15) is 29.4 Å². The summed E-state index contributed by atoms with van der Waals surface area (Å²) in [5.74, 6) is -2.62. The first-order valence-electron chi connectivity index (χ1n) is 11.7. The molecule has 0 saturated heterocycles. The number of amides is 1. The van der Waals surface area contributed by atoms with Crippen LogP contribution in [0.4, 0.5) is 0 Å². The Balaban J connectivity index is 1.52. The highest BCUT2D eigenvalue weighted by atomic mass is 16.4. The van der Waals surface area contributed by atoms with Gasteiger partial charge in [-0.3, -0.25) is 19.2 Å². The van der Waals surface area contributed by atoms with E-state index in [0.717, 1.165) is 16.7 Å². The number of Topliss-reactive ketones (excluding diaryl/α,β-unsaturated/α-hetero) is 1. The number of carboxylic acid groups (broad SMARTS) is 1. The van der Waals surface area contributed by atoms with Crippen molar-refractivity contribution in [1.82, 2.24) is 5.32 Å². The zero-order chi connectivity index (χ0) is 26.1. The number of ketones is 1. The highest BCUT2D eigenvalue weighted by molar-refractivity contribution is 6.01. The number of hydrogen-bond acceptors (Lipinski definition) is 5. The van der Waals surface area contributed by atoms with Crippen molar-refractivity contribution in [2.45, 2.75) is 32.3 Å². The van der Waals surface area contributed by atoms with E-state index >= 15 is 0 Å². The maximum absolute atomic E-state index is 12.3. The summed E-state index contributed by atoms with van der Waals surface area (Å²) >= 11 is 0. The maximum atomic E-state index is 12.3. The Labute approximate surface area is 209 Å². The number of rotatable bonds is 12. The lowest BCUT2D eigenvalue weighted by atomic mass is 9.93. The number of aryl methyl sites for hydroxylation is 1. The van der Waals surface area contributed by atoms with Gasteiger partial charge in [0.25, 0.3) is 5.91 Å². The van der Waals surface area contributed by atoms with E-state index in [4.69, 9.17) is 0 Å². The molecule has 0 saturated carbocycles. The first kappa shape index (κ1) is 26.5. The molecule has 0 spiro atoms. The third kappa shape index (κ3) is 6.96. The number of aliphatic hydroxyl groups excluding tert-OH is 1.